The van der Waals surface area contributed by atoms with Crippen LogP contribution in [0.15, 0.2) is 65.5 Å². The second kappa shape index (κ2) is 5.89. The molecule has 0 spiro atoms. The molecule has 0 radical (unpaired) electrons. The van der Waals surface area contributed by atoms with Crippen LogP contribution < -0.4 is 5.32 Å². The molecule has 4 heteroatoms. The Morgan fingerprint density at radius 2 is 1.96 bits per heavy atom. The Labute approximate surface area is 139 Å². The van der Waals surface area contributed by atoms with Gasteiger partial charge in [0.1, 0.15) is 17.2 Å². The minimum Gasteiger partial charge on any atom is -0.365 e. The van der Waals surface area contributed by atoms with Crippen molar-refractivity contribution in [1.82, 2.24) is 9.38 Å². The highest BCUT2D eigenvalue weighted by atomic mass is 32.1. The van der Waals surface area contributed by atoms with E-state index in [1.807, 2.05) is 6.07 Å². The van der Waals surface area contributed by atoms with Gasteiger partial charge in [-0.15, -0.1) is 0 Å². The normalized spacial score (nSPS) is 11.0. The van der Waals surface area contributed by atoms with Gasteiger partial charge in [0.2, 0.25) is 0 Å². The summed E-state index contributed by atoms with van der Waals surface area (Å²) in [7, 11) is 0. The van der Waals surface area contributed by atoms with Crippen molar-refractivity contribution >= 4 is 22.8 Å². The molecule has 0 aliphatic carbocycles. The number of pyridine rings is 1. The number of nitrogens with zero attached hydrogens (tertiary/aromatic N) is 2. The number of aryl methyl sites for hydroxylation is 1. The number of aromatic nitrogens is 2. The first-order chi connectivity index (χ1) is 11.3. The molecule has 0 fully saturated rings. The molecule has 4 rings (SSSR count). The third-order valence-corrected chi connectivity index (χ3v) is 4.55. The van der Waals surface area contributed by atoms with E-state index < -0.39 is 0 Å². The van der Waals surface area contributed by atoms with Crippen molar-refractivity contribution in [2.75, 3.05) is 5.32 Å². The van der Waals surface area contributed by atoms with Crippen LogP contribution in [-0.4, -0.2) is 9.38 Å². The van der Waals surface area contributed by atoms with E-state index in [0.29, 0.717) is 0 Å². The zero-order valence-electron chi connectivity index (χ0n) is 12.9. The molecule has 3 nitrogen and oxygen atoms in total. The van der Waals surface area contributed by atoms with Crippen LogP contribution in [0.3, 0.4) is 0 Å². The van der Waals surface area contributed by atoms with Crippen LogP contribution in [0.2, 0.25) is 0 Å². The summed E-state index contributed by atoms with van der Waals surface area (Å²) < 4.78 is 2.14. The van der Waals surface area contributed by atoms with Gasteiger partial charge in [-0.05, 0) is 35.6 Å². The van der Waals surface area contributed by atoms with Gasteiger partial charge in [-0.1, -0.05) is 36.4 Å². The SMILES string of the molecule is Cc1ccc2nc(-c3ccsc3)c(NCc3ccccc3)n2c1. The van der Waals surface area contributed by atoms with E-state index in [0.717, 1.165) is 29.3 Å². The first kappa shape index (κ1) is 14.0. The van der Waals surface area contributed by atoms with Crippen molar-refractivity contribution in [3.05, 3.63) is 76.6 Å². The number of hydrogen-bond acceptors (Lipinski definition) is 3. The van der Waals surface area contributed by atoms with Crippen LogP contribution in [0.5, 0.6) is 0 Å². The van der Waals surface area contributed by atoms with Crippen LogP contribution in [0.4, 0.5) is 5.82 Å². The first-order valence-electron chi connectivity index (χ1n) is 7.60. The summed E-state index contributed by atoms with van der Waals surface area (Å²) in [5, 5.41) is 7.80. The Bertz CT molecular complexity index is 924. The molecule has 0 aliphatic rings. The topological polar surface area (TPSA) is 29.3 Å². The molecule has 1 aromatic carbocycles. The maximum Gasteiger partial charge on any atom is 0.139 e. The molecule has 0 saturated carbocycles. The predicted octanol–water partition coefficient (Wildman–Crippen LogP) is 4.98. The molecule has 0 unspecified atom stereocenters. The number of imidazole rings is 1. The molecule has 3 heterocycles. The van der Waals surface area contributed by atoms with Crippen molar-refractivity contribution in [3.63, 3.8) is 0 Å². The zero-order chi connectivity index (χ0) is 15.6. The Balaban J connectivity index is 1.79. The minimum absolute atomic E-state index is 0.777. The maximum absolute atomic E-state index is 4.82. The minimum atomic E-state index is 0.777. The molecular formula is C19H17N3S. The van der Waals surface area contributed by atoms with E-state index in [1.165, 1.54) is 11.1 Å². The van der Waals surface area contributed by atoms with Crippen LogP contribution in [-0.2, 0) is 6.54 Å². The van der Waals surface area contributed by atoms with Crippen molar-refractivity contribution in [3.8, 4) is 11.3 Å². The van der Waals surface area contributed by atoms with Gasteiger partial charge in [0.25, 0.3) is 0 Å². The smallest absolute Gasteiger partial charge is 0.139 e. The van der Waals surface area contributed by atoms with Crippen molar-refractivity contribution in [2.24, 2.45) is 0 Å². The van der Waals surface area contributed by atoms with Gasteiger partial charge in [0.15, 0.2) is 0 Å². The lowest BCUT2D eigenvalue weighted by atomic mass is 10.2. The number of thiophene rings is 1. The molecule has 0 saturated heterocycles. The number of nitrogens with one attached hydrogen (secondary N) is 1. The highest BCUT2D eigenvalue weighted by molar-refractivity contribution is 7.08. The third-order valence-electron chi connectivity index (χ3n) is 3.86. The maximum atomic E-state index is 4.82. The summed E-state index contributed by atoms with van der Waals surface area (Å²) in [6.07, 6.45) is 2.13. The molecule has 4 aromatic rings. The van der Waals surface area contributed by atoms with Crippen LogP contribution in [0.25, 0.3) is 16.9 Å². The molecule has 114 valence electrons. The third kappa shape index (κ3) is 2.73. The fraction of sp³-hybridized carbons (Fsp3) is 0.105. The molecule has 0 amide bonds. The second-order valence-corrected chi connectivity index (χ2v) is 6.37. The molecule has 1 N–H and O–H groups in total. The molecule has 0 atom stereocenters. The van der Waals surface area contributed by atoms with Crippen molar-refractivity contribution in [2.45, 2.75) is 13.5 Å². The number of rotatable bonds is 4. The zero-order valence-corrected chi connectivity index (χ0v) is 13.7. The van der Waals surface area contributed by atoms with Gasteiger partial charge in [-0.25, -0.2) is 4.98 Å². The van der Waals surface area contributed by atoms with Crippen LogP contribution in [0.1, 0.15) is 11.1 Å². The van der Waals surface area contributed by atoms with E-state index in [9.17, 15) is 0 Å². The van der Waals surface area contributed by atoms with E-state index in [4.69, 9.17) is 4.98 Å². The summed E-state index contributed by atoms with van der Waals surface area (Å²) in [6.45, 7) is 2.88. The Hall–Kier alpha value is -2.59. The molecule has 0 bridgehead atoms. The average molecular weight is 319 g/mol. The lowest BCUT2D eigenvalue weighted by Gasteiger charge is -2.09. The van der Waals surface area contributed by atoms with Gasteiger partial charge in [0.05, 0.1) is 0 Å². The molecule has 23 heavy (non-hydrogen) atoms. The van der Waals surface area contributed by atoms with Crippen molar-refractivity contribution in [1.29, 1.82) is 0 Å². The van der Waals surface area contributed by atoms with Gasteiger partial charge in [0, 0.05) is 23.7 Å². The quantitative estimate of drug-likeness (QED) is 0.574. The second-order valence-electron chi connectivity index (χ2n) is 5.59. The van der Waals surface area contributed by atoms with Gasteiger partial charge < -0.3 is 5.32 Å². The predicted molar refractivity (Wildman–Crippen MR) is 97.0 cm³/mol. The van der Waals surface area contributed by atoms with Crippen LogP contribution >= 0.6 is 11.3 Å². The molecular weight excluding hydrogens is 302 g/mol. The van der Waals surface area contributed by atoms with Gasteiger partial charge >= 0.3 is 0 Å². The number of benzene rings is 1. The summed E-state index contributed by atoms with van der Waals surface area (Å²) >= 11 is 1.69. The first-order valence-corrected chi connectivity index (χ1v) is 8.54. The fourth-order valence-electron chi connectivity index (χ4n) is 2.70. The molecule has 0 aliphatic heterocycles. The number of anilines is 1. The average Bonchev–Trinajstić information content (AvgIpc) is 3.21. The molecule has 3 aromatic heterocycles. The lowest BCUT2D eigenvalue weighted by Crippen LogP contribution is -2.03. The van der Waals surface area contributed by atoms with Gasteiger partial charge in [-0.2, -0.15) is 11.3 Å². The Kier molecular flexibility index (Phi) is 3.60. The van der Waals surface area contributed by atoms with E-state index in [2.05, 4.69) is 76.1 Å². The van der Waals surface area contributed by atoms with Gasteiger partial charge in [-0.3, -0.25) is 4.40 Å². The van der Waals surface area contributed by atoms with E-state index in [1.54, 1.807) is 11.3 Å². The Morgan fingerprint density at radius 3 is 2.74 bits per heavy atom. The monoisotopic (exact) mass is 319 g/mol. The van der Waals surface area contributed by atoms with Crippen LogP contribution in [0, 0.1) is 6.92 Å². The summed E-state index contributed by atoms with van der Waals surface area (Å²) in [5.74, 6) is 1.05. The summed E-state index contributed by atoms with van der Waals surface area (Å²) in [6, 6.07) is 16.7. The largest absolute Gasteiger partial charge is 0.365 e. The van der Waals surface area contributed by atoms with E-state index in [-0.39, 0.29) is 0 Å². The summed E-state index contributed by atoms with van der Waals surface area (Å²) in [5.41, 5.74) is 5.60. The Morgan fingerprint density at radius 1 is 1.09 bits per heavy atom. The number of fused-ring (bicyclic) bond motifs is 1. The van der Waals surface area contributed by atoms with Crippen molar-refractivity contribution < 1.29 is 0 Å². The fourth-order valence-corrected chi connectivity index (χ4v) is 3.34. The lowest BCUT2D eigenvalue weighted by molar-refractivity contribution is 1.08. The van der Waals surface area contributed by atoms with E-state index >= 15 is 0 Å². The summed E-state index contributed by atoms with van der Waals surface area (Å²) in [4.78, 5) is 4.82. The highest BCUT2D eigenvalue weighted by Gasteiger charge is 2.14. The standard InChI is InChI=1S/C19H17N3S/c1-14-7-8-17-21-18(16-9-10-23-13-16)19(22(17)12-14)20-11-15-5-3-2-4-6-15/h2-10,12-13,20H,11H2,1H3. The number of hydrogen-bond donors (Lipinski definition) is 1. The highest BCUT2D eigenvalue weighted by Crippen LogP contribution is 2.30.